The van der Waals surface area contributed by atoms with Gasteiger partial charge in [0.15, 0.2) is 5.82 Å². The minimum absolute atomic E-state index is 0. The molecular weight excluding hydrogens is 359 g/mol. The van der Waals surface area contributed by atoms with Gasteiger partial charge in [0.1, 0.15) is 0 Å². The van der Waals surface area contributed by atoms with Gasteiger partial charge in [-0.05, 0) is 12.0 Å². The summed E-state index contributed by atoms with van der Waals surface area (Å²) in [5, 5.41) is 6.75. The number of carbonyl (C=O) groups is 1. The van der Waals surface area contributed by atoms with Crippen LogP contribution in [0.15, 0.2) is 30.3 Å². The van der Waals surface area contributed by atoms with Gasteiger partial charge < -0.3 is 15.2 Å². The summed E-state index contributed by atoms with van der Waals surface area (Å²) in [4.78, 5) is 13.9. The van der Waals surface area contributed by atoms with Gasteiger partial charge in [0.05, 0.1) is 12.6 Å². The SMILES string of the molecule is Cl.N[C@@H](Cc1ccccc1)C(=O)N1CCn2c(nnc2C(F)(F)F)C1. The third-order valence-electron chi connectivity index (χ3n) is 3.93. The molecule has 0 aliphatic carbocycles. The molecule has 6 nitrogen and oxygen atoms in total. The minimum Gasteiger partial charge on any atom is -0.332 e. The summed E-state index contributed by atoms with van der Waals surface area (Å²) in [5.74, 6) is -1.21. The number of amides is 1. The molecule has 1 atom stereocenters. The smallest absolute Gasteiger partial charge is 0.332 e. The average Bonchev–Trinajstić information content (AvgIpc) is 2.98. The van der Waals surface area contributed by atoms with Gasteiger partial charge in [-0.25, -0.2) is 0 Å². The summed E-state index contributed by atoms with van der Waals surface area (Å²) >= 11 is 0. The summed E-state index contributed by atoms with van der Waals surface area (Å²) in [5.41, 5.74) is 6.89. The van der Waals surface area contributed by atoms with Crippen molar-refractivity contribution >= 4 is 18.3 Å². The van der Waals surface area contributed by atoms with Crippen molar-refractivity contribution < 1.29 is 18.0 Å². The van der Waals surface area contributed by atoms with Crippen LogP contribution in [-0.2, 0) is 30.5 Å². The van der Waals surface area contributed by atoms with E-state index in [9.17, 15) is 18.0 Å². The van der Waals surface area contributed by atoms with E-state index in [1.807, 2.05) is 30.3 Å². The van der Waals surface area contributed by atoms with Crippen LogP contribution in [0, 0.1) is 0 Å². The predicted octanol–water partition coefficient (Wildman–Crippen LogP) is 1.63. The second-order valence-electron chi connectivity index (χ2n) is 5.65. The molecule has 0 saturated carbocycles. The molecule has 2 heterocycles. The van der Waals surface area contributed by atoms with E-state index < -0.39 is 18.0 Å². The zero-order valence-electron chi connectivity index (χ0n) is 13.1. The number of halogens is 4. The van der Waals surface area contributed by atoms with Gasteiger partial charge in [-0.15, -0.1) is 22.6 Å². The third kappa shape index (κ3) is 4.10. The Hall–Kier alpha value is -2.13. The molecule has 2 aromatic rings. The quantitative estimate of drug-likeness (QED) is 0.884. The van der Waals surface area contributed by atoms with Gasteiger partial charge in [0, 0.05) is 13.1 Å². The zero-order chi connectivity index (χ0) is 17.3. The Balaban J connectivity index is 0.00000225. The molecule has 136 valence electrons. The van der Waals surface area contributed by atoms with Gasteiger partial charge in [-0.3, -0.25) is 4.79 Å². The molecule has 1 amide bonds. The first kappa shape index (κ1) is 19.2. The van der Waals surface area contributed by atoms with Crippen molar-refractivity contribution in [1.29, 1.82) is 0 Å². The normalized spacial score (nSPS) is 15.3. The number of benzene rings is 1. The fourth-order valence-corrected chi connectivity index (χ4v) is 2.75. The first-order chi connectivity index (χ1) is 11.4. The molecule has 0 unspecified atom stereocenters. The highest BCUT2D eigenvalue weighted by molar-refractivity contribution is 5.85. The number of nitrogens with zero attached hydrogens (tertiary/aromatic N) is 4. The molecule has 1 aliphatic heterocycles. The number of hydrogen-bond donors (Lipinski definition) is 1. The first-order valence-electron chi connectivity index (χ1n) is 7.44. The largest absolute Gasteiger partial charge is 0.451 e. The van der Waals surface area contributed by atoms with Gasteiger partial charge >= 0.3 is 6.18 Å². The Bertz CT molecular complexity index is 735. The Morgan fingerprint density at radius 2 is 1.88 bits per heavy atom. The number of carbonyl (C=O) groups excluding carboxylic acids is 1. The van der Waals surface area contributed by atoms with Crippen molar-refractivity contribution in [2.24, 2.45) is 5.73 Å². The van der Waals surface area contributed by atoms with Crippen LogP contribution in [0.5, 0.6) is 0 Å². The van der Waals surface area contributed by atoms with Gasteiger partial charge in [-0.1, -0.05) is 30.3 Å². The van der Waals surface area contributed by atoms with Gasteiger partial charge in [-0.2, -0.15) is 13.2 Å². The van der Waals surface area contributed by atoms with Crippen molar-refractivity contribution in [2.45, 2.75) is 31.7 Å². The number of nitrogens with two attached hydrogens (primary N) is 1. The lowest BCUT2D eigenvalue weighted by Gasteiger charge is -2.30. The zero-order valence-corrected chi connectivity index (χ0v) is 13.9. The van der Waals surface area contributed by atoms with E-state index in [1.165, 1.54) is 4.90 Å². The Labute approximate surface area is 148 Å². The molecule has 0 spiro atoms. The van der Waals surface area contributed by atoms with E-state index in [1.54, 1.807) is 0 Å². The van der Waals surface area contributed by atoms with Crippen molar-refractivity contribution in [3.63, 3.8) is 0 Å². The van der Waals surface area contributed by atoms with Crippen LogP contribution < -0.4 is 5.73 Å². The van der Waals surface area contributed by atoms with Crippen molar-refractivity contribution in [1.82, 2.24) is 19.7 Å². The number of aromatic nitrogens is 3. The summed E-state index contributed by atoms with van der Waals surface area (Å²) in [6, 6.07) is 8.57. The van der Waals surface area contributed by atoms with E-state index in [4.69, 9.17) is 5.73 Å². The molecule has 1 aromatic heterocycles. The number of rotatable bonds is 3. The van der Waals surface area contributed by atoms with Crippen molar-refractivity contribution in [2.75, 3.05) is 6.54 Å². The highest BCUT2D eigenvalue weighted by atomic mass is 35.5. The maximum absolute atomic E-state index is 12.8. The Kier molecular flexibility index (Phi) is 5.69. The van der Waals surface area contributed by atoms with Crippen LogP contribution in [0.25, 0.3) is 0 Å². The lowest BCUT2D eigenvalue weighted by Crippen LogP contribution is -2.48. The lowest BCUT2D eigenvalue weighted by molar-refractivity contribution is -0.148. The lowest BCUT2D eigenvalue weighted by atomic mass is 10.1. The third-order valence-corrected chi connectivity index (χ3v) is 3.93. The van der Waals surface area contributed by atoms with E-state index in [0.29, 0.717) is 6.42 Å². The van der Waals surface area contributed by atoms with Crippen LogP contribution in [0.1, 0.15) is 17.2 Å². The molecule has 3 rings (SSSR count). The van der Waals surface area contributed by atoms with Crippen LogP contribution >= 0.6 is 12.4 Å². The standard InChI is InChI=1S/C15H16F3N5O.ClH/c16-15(17,18)14-21-20-12-9-22(6-7-23(12)14)13(24)11(19)8-10-4-2-1-3-5-10;/h1-5,11H,6-9,19H2;1H/t11-;/m0./s1. The fourth-order valence-electron chi connectivity index (χ4n) is 2.75. The number of fused-ring (bicyclic) bond motifs is 1. The molecular formula is C15H17ClF3N5O. The van der Waals surface area contributed by atoms with E-state index in [2.05, 4.69) is 10.2 Å². The Morgan fingerprint density at radius 1 is 1.20 bits per heavy atom. The highest BCUT2D eigenvalue weighted by Crippen LogP contribution is 2.29. The topological polar surface area (TPSA) is 77.0 Å². The highest BCUT2D eigenvalue weighted by Gasteiger charge is 2.40. The van der Waals surface area contributed by atoms with Crippen LogP contribution in [0.3, 0.4) is 0 Å². The van der Waals surface area contributed by atoms with Crippen LogP contribution in [0.2, 0.25) is 0 Å². The van der Waals surface area contributed by atoms with Crippen LogP contribution in [-0.4, -0.2) is 38.2 Å². The summed E-state index contributed by atoms with van der Waals surface area (Å²) in [6.45, 7) is 0.126. The average molecular weight is 376 g/mol. The predicted molar refractivity (Wildman–Crippen MR) is 85.8 cm³/mol. The first-order valence-corrected chi connectivity index (χ1v) is 7.44. The molecule has 10 heteroatoms. The Morgan fingerprint density at radius 3 is 2.52 bits per heavy atom. The molecule has 1 aromatic carbocycles. The number of hydrogen-bond acceptors (Lipinski definition) is 4. The van der Waals surface area contributed by atoms with Crippen molar-refractivity contribution in [3.8, 4) is 0 Å². The second-order valence-corrected chi connectivity index (χ2v) is 5.65. The fraction of sp³-hybridized carbons (Fsp3) is 0.400. The van der Waals surface area contributed by atoms with E-state index >= 15 is 0 Å². The molecule has 0 saturated heterocycles. The maximum atomic E-state index is 12.8. The molecule has 0 bridgehead atoms. The van der Waals surface area contributed by atoms with Crippen molar-refractivity contribution in [3.05, 3.63) is 47.5 Å². The summed E-state index contributed by atoms with van der Waals surface area (Å²) < 4.78 is 39.4. The molecule has 1 aliphatic rings. The molecule has 0 fully saturated rings. The van der Waals surface area contributed by atoms with Gasteiger partial charge in [0.25, 0.3) is 0 Å². The molecule has 0 radical (unpaired) electrons. The monoisotopic (exact) mass is 375 g/mol. The minimum atomic E-state index is -4.55. The second kappa shape index (κ2) is 7.40. The molecule has 25 heavy (non-hydrogen) atoms. The van der Waals surface area contributed by atoms with Gasteiger partial charge in [0.2, 0.25) is 11.7 Å². The molecule has 2 N–H and O–H groups in total. The van der Waals surface area contributed by atoms with E-state index in [0.717, 1.165) is 10.1 Å². The number of alkyl halides is 3. The van der Waals surface area contributed by atoms with E-state index in [-0.39, 0.29) is 43.8 Å². The summed E-state index contributed by atoms with van der Waals surface area (Å²) in [6.07, 6.45) is -4.18. The maximum Gasteiger partial charge on any atom is 0.451 e. The summed E-state index contributed by atoms with van der Waals surface area (Å²) in [7, 11) is 0. The van der Waals surface area contributed by atoms with Crippen LogP contribution in [0.4, 0.5) is 13.2 Å².